The van der Waals surface area contributed by atoms with Crippen LogP contribution in [-0.2, 0) is 5.54 Å². The van der Waals surface area contributed by atoms with E-state index in [1.165, 1.54) is 0 Å². The van der Waals surface area contributed by atoms with Crippen molar-refractivity contribution in [3.63, 3.8) is 0 Å². The van der Waals surface area contributed by atoms with Crippen molar-refractivity contribution in [3.05, 3.63) is 11.9 Å². The number of rotatable bonds is 1. The van der Waals surface area contributed by atoms with E-state index in [0.717, 1.165) is 5.69 Å². The second kappa shape index (κ2) is 2.52. The van der Waals surface area contributed by atoms with Gasteiger partial charge in [-0.3, -0.25) is 4.68 Å². The summed E-state index contributed by atoms with van der Waals surface area (Å²) < 4.78 is 1.58. The summed E-state index contributed by atoms with van der Waals surface area (Å²) in [6.45, 7) is 5.40. The first kappa shape index (κ1) is 8.60. The Kier molecular flexibility index (Phi) is 1.81. The SMILES string of the molecule is Cc1nn(C(C)(C)C#N)cc1N. The van der Waals surface area contributed by atoms with Crippen LogP contribution in [0.3, 0.4) is 0 Å². The average molecular weight is 164 g/mol. The molecule has 1 heterocycles. The minimum Gasteiger partial charge on any atom is -0.396 e. The highest BCUT2D eigenvalue weighted by Gasteiger charge is 2.20. The van der Waals surface area contributed by atoms with E-state index in [1.54, 1.807) is 24.7 Å². The van der Waals surface area contributed by atoms with Crippen LogP contribution in [-0.4, -0.2) is 9.78 Å². The summed E-state index contributed by atoms with van der Waals surface area (Å²) in [5.74, 6) is 0. The third kappa shape index (κ3) is 1.26. The number of anilines is 1. The summed E-state index contributed by atoms with van der Waals surface area (Å²) >= 11 is 0. The third-order valence-corrected chi connectivity index (χ3v) is 1.78. The Hall–Kier alpha value is -1.50. The molecule has 0 radical (unpaired) electrons. The van der Waals surface area contributed by atoms with Gasteiger partial charge >= 0.3 is 0 Å². The number of nitrogen functional groups attached to an aromatic ring is 1. The molecule has 4 heteroatoms. The number of hydrogen-bond donors (Lipinski definition) is 1. The zero-order valence-corrected chi connectivity index (χ0v) is 7.50. The minimum atomic E-state index is -0.623. The van der Waals surface area contributed by atoms with Gasteiger partial charge in [-0.15, -0.1) is 0 Å². The molecule has 0 aliphatic heterocycles. The lowest BCUT2D eigenvalue weighted by atomic mass is 10.1. The van der Waals surface area contributed by atoms with Crippen LogP contribution in [0.2, 0.25) is 0 Å². The van der Waals surface area contributed by atoms with E-state index in [1.807, 2.05) is 6.92 Å². The molecule has 4 nitrogen and oxygen atoms in total. The molecule has 0 fully saturated rings. The van der Waals surface area contributed by atoms with Crippen molar-refractivity contribution >= 4 is 5.69 Å². The van der Waals surface area contributed by atoms with Gasteiger partial charge in [0.25, 0.3) is 0 Å². The quantitative estimate of drug-likeness (QED) is 0.674. The maximum atomic E-state index is 8.80. The van der Waals surface area contributed by atoms with Gasteiger partial charge in [-0.25, -0.2) is 0 Å². The molecular formula is C8H12N4. The molecule has 0 bridgehead atoms. The Balaban J connectivity index is 3.14. The first-order valence-corrected chi connectivity index (χ1v) is 3.71. The van der Waals surface area contributed by atoms with Crippen LogP contribution in [0.15, 0.2) is 6.20 Å². The topological polar surface area (TPSA) is 67.6 Å². The fourth-order valence-corrected chi connectivity index (χ4v) is 0.811. The highest BCUT2D eigenvalue weighted by molar-refractivity contribution is 5.40. The third-order valence-electron chi connectivity index (χ3n) is 1.78. The number of nitriles is 1. The Labute approximate surface area is 71.6 Å². The lowest BCUT2D eigenvalue weighted by Crippen LogP contribution is -2.24. The lowest BCUT2D eigenvalue weighted by Gasteiger charge is -2.14. The average Bonchev–Trinajstić information content (AvgIpc) is 2.33. The zero-order chi connectivity index (χ0) is 9.35. The number of nitrogens with zero attached hydrogens (tertiary/aromatic N) is 3. The normalized spacial score (nSPS) is 11.2. The van der Waals surface area contributed by atoms with Gasteiger partial charge in [0.15, 0.2) is 0 Å². The van der Waals surface area contributed by atoms with E-state index in [4.69, 9.17) is 11.0 Å². The van der Waals surface area contributed by atoms with Gasteiger partial charge in [-0.05, 0) is 20.8 Å². The molecule has 2 N–H and O–H groups in total. The van der Waals surface area contributed by atoms with Crippen molar-refractivity contribution in [2.24, 2.45) is 0 Å². The maximum absolute atomic E-state index is 8.80. The van der Waals surface area contributed by atoms with E-state index in [2.05, 4.69) is 11.2 Å². The predicted molar refractivity (Wildman–Crippen MR) is 46.3 cm³/mol. The molecule has 0 aromatic carbocycles. The van der Waals surface area contributed by atoms with E-state index in [-0.39, 0.29) is 0 Å². The van der Waals surface area contributed by atoms with Crippen LogP contribution >= 0.6 is 0 Å². The van der Waals surface area contributed by atoms with Crippen LogP contribution in [0.5, 0.6) is 0 Å². The molecule has 1 aromatic heterocycles. The lowest BCUT2D eigenvalue weighted by molar-refractivity contribution is 0.417. The summed E-state index contributed by atoms with van der Waals surface area (Å²) in [5.41, 5.74) is 6.36. The molecule has 0 atom stereocenters. The Morgan fingerprint density at radius 1 is 1.67 bits per heavy atom. The Morgan fingerprint density at radius 3 is 2.58 bits per heavy atom. The predicted octanol–water partition coefficient (Wildman–Crippen LogP) is 1.03. The molecular weight excluding hydrogens is 152 g/mol. The first-order valence-electron chi connectivity index (χ1n) is 3.71. The molecule has 0 saturated heterocycles. The molecule has 0 spiro atoms. The van der Waals surface area contributed by atoms with Gasteiger partial charge in [0.1, 0.15) is 5.54 Å². The molecule has 0 aliphatic rings. The zero-order valence-electron chi connectivity index (χ0n) is 7.50. The van der Waals surface area contributed by atoms with Crippen molar-refractivity contribution in [1.82, 2.24) is 9.78 Å². The monoisotopic (exact) mass is 164 g/mol. The number of aromatic nitrogens is 2. The highest BCUT2D eigenvalue weighted by atomic mass is 15.3. The number of aryl methyl sites for hydroxylation is 1. The van der Waals surface area contributed by atoms with Crippen LogP contribution in [0.4, 0.5) is 5.69 Å². The maximum Gasteiger partial charge on any atom is 0.143 e. The van der Waals surface area contributed by atoms with Crippen molar-refractivity contribution in [1.29, 1.82) is 5.26 Å². The molecule has 12 heavy (non-hydrogen) atoms. The Morgan fingerprint density at radius 2 is 2.25 bits per heavy atom. The molecule has 0 unspecified atom stereocenters. The van der Waals surface area contributed by atoms with Gasteiger partial charge in [0, 0.05) is 0 Å². The molecule has 1 rings (SSSR count). The fourth-order valence-electron chi connectivity index (χ4n) is 0.811. The number of hydrogen-bond acceptors (Lipinski definition) is 3. The van der Waals surface area contributed by atoms with Gasteiger partial charge in [0.05, 0.1) is 23.6 Å². The van der Waals surface area contributed by atoms with Crippen LogP contribution in [0, 0.1) is 18.3 Å². The van der Waals surface area contributed by atoms with Crippen molar-refractivity contribution in [2.75, 3.05) is 5.73 Å². The largest absolute Gasteiger partial charge is 0.396 e. The van der Waals surface area contributed by atoms with E-state index in [0.29, 0.717) is 5.69 Å². The summed E-state index contributed by atoms with van der Waals surface area (Å²) in [5, 5.41) is 12.9. The summed E-state index contributed by atoms with van der Waals surface area (Å²) in [4.78, 5) is 0. The standard InChI is InChI=1S/C8H12N4/c1-6-7(10)4-12(11-6)8(2,3)5-9/h4H,10H2,1-3H3. The molecule has 64 valence electrons. The fraction of sp³-hybridized carbons (Fsp3) is 0.500. The molecule has 0 amide bonds. The molecule has 0 aliphatic carbocycles. The van der Waals surface area contributed by atoms with E-state index < -0.39 is 5.54 Å². The first-order chi connectivity index (χ1) is 5.47. The summed E-state index contributed by atoms with van der Waals surface area (Å²) in [6.07, 6.45) is 1.68. The highest BCUT2D eigenvalue weighted by Crippen LogP contribution is 2.16. The van der Waals surface area contributed by atoms with Crippen molar-refractivity contribution in [2.45, 2.75) is 26.3 Å². The Bertz CT molecular complexity index is 310. The van der Waals surface area contributed by atoms with Gasteiger partial charge in [-0.2, -0.15) is 10.4 Å². The van der Waals surface area contributed by atoms with Crippen LogP contribution in [0.25, 0.3) is 0 Å². The van der Waals surface area contributed by atoms with Crippen molar-refractivity contribution < 1.29 is 0 Å². The smallest absolute Gasteiger partial charge is 0.143 e. The second-order valence-corrected chi connectivity index (χ2v) is 3.29. The molecule has 1 aromatic rings. The van der Waals surface area contributed by atoms with Gasteiger partial charge in [-0.1, -0.05) is 0 Å². The summed E-state index contributed by atoms with van der Waals surface area (Å²) in [7, 11) is 0. The van der Waals surface area contributed by atoms with Gasteiger partial charge in [0.2, 0.25) is 0 Å². The van der Waals surface area contributed by atoms with Crippen molar-refractivity contribution in [3.8, 4) is 6.07 Å². The van der Waals surface area contributed by atoms with Crippen LogP contribution < -0.4 is 5.73 Å². The number of nitrogens with two attached hydrogens (primary N) is 1. The van der Waals surface area contributed by atoms with E-state index >= 15 is 0 Å². The molecule has 0 saturated carbocycles. The van der Waals surface area contributed by atoms with Crippen LogP contribution in [0.1, 0.15) is 19.5 Å². The second-order valence-electron chi connectivity index (χ2n) is 3.29. The van der Waals surface area contributed by atoms with E-state index in [9.17, 15) is 0 Å². The minimum absolute atomic E-state index is 0.623. The van der Waals surface area contributed by atoms with Gasteiger partial charge < -0.3 is 5.73 Å². The summed E-state index contributed by atoms with van der Waals surface area (Å²) in [6, 6.07) is 2.14.